The van der Waals surface area contributed by atoms with Crippen LogP contribution in [-0.4, -0.2) is 72.7 Å². The highest BCUT2D eigenvalue weighted by molar-refractivity contribution is 8.03. The number of nitrogens with zero attached hydrogens (tertiary/aromatic N) is 1. The van der Waals surface area contributed by atoms with Crippen molar-refractivity contribution in [2.24, 2.45) is 0 Å². The molecule has 0 aromatic rings. The van der Waals surface area contributed by atoms with Crippen molar-refractivity contribution in [3.05, 3.63) is 11.8 Å². The highest BCUT2D eigenvalue weighted by Crippen LogP contribution is 2.30. The van der Waals surface area contributed by atoms with Gasteiger partial charge in [0.2, 0.25) is 12.4 Å². The van der Waals surface area contributed by atoms with E-state index in [-0.39, 0.29) is 23.5 Å². The number of nitriles is 1. The molecule has 12 nitrogen and oxygen atoms in total. The molecule has 0 radical (unpaired) electrons. The van der Waals surface area contributed by atoms with E-state index >= 15 is 0 Å². The summed E-state index contributed by atoms with van der Waals surface area (Å²) in [5.74, 6) is -3.26. The molecule has 0 saturated carbocycles. The molecule has 1 rings (SSSR count). The molecule has 1 heterocycles. The minimum Gasteiger partial charge on any atom is -0.468 e. The molecular weight excluding hydrogens is 474 g/mol. The summed E-state index contributed by atoms with van der Waals surface area (Å²) < 4.78 is 32.2. The molecule has 0 aromatic heterocycles. The van der Waals surface area contributed by atoms with Crippen LogP contribution in [0.1, 0.15) is 41.0 Å². The predicted molar refractivity (Wildman–Crippen MR) is 114 cm³/mol. The Kier molecular flexibility index (Phi) is 12.1. The molecule has 13 heteroatoms. The Labute approximate surface area is 200 Å². The molecule has 1 aliphatic rings. The van der Waals surface area contributed by atoms with Gasteiger partial charge in [-0.25, -0.2) is 0 Å². The van der Waals surface area contributed by atoms with Crippen molar-refractivity contribution in [2.45, 2.75) is 71.7 Å². The summed E-state index contributed by atoms with van der Waals surface area (Å²) in [6, 6.07) is 0. The predicted octanol–water partition coefficient (Wildman–Crippen LogP) is 1.16. The van der Waals surface area contributed by atoms with E-state index < -0.39 is 61.2 Å². The lowest BCUT2D eigenvalue weighted by Gasteiger charge is -2.43. The van der Waals surface area contributed by atoms with Gasteiger partial charge in [-0.2, -0.15) is 5.26 Å². The fourth-order valence-electron chi connectivity index (χ4n) is 2.96. The van der Waals surface area contributed by atoms with Gasteiger partial charge in [-0.1, -0.05) is 6.92 Å². The molecule has 0 aliphatic carbocycles. The first-order valence-electron chi connectivity index (χ1n) is 10.2. The number of thiocyanates is 1. The monoisotopic (exact) mass is 501 g/mol. The van der Waals surface area contributed by atoms with E-state index in [2.05, 4.69) is 0 Å². The van der Waals surface area contributed by atoms with Gasteiger partial charge in [0.25, 0.3) is 0 Å². The third kappa shape index (κ3) is 9.40. The fourth-order valence-corrected chi connectivity index (χ4v) is 3.41. The van der Waals surface area contributed by atoms with Crippen LogP contribution in [0.5, 0.6) is 0 Å². The molecule has 0 unspecified atom stereocenters. The zero-order valence-corrected chi connectivity index (χ0v) is 20.2. The maximum atomic E-state index is 12.2. The first-order chi connectivity index (χ1) is 16.0. The third-order valence-electron chi connectivity index (χ3n) is 4.26. The first-order valence-corrected chi connectivity index (χ1v) is 11.2. The van der Waals surface area contributed by atoms with Crippen LogP contribution >= 0.6 is 11.8 Å². The molecule has 0 aromatic carbocycles. The number of Topliss-reactive ketones (excluding diaryl/α,β-unsaturated/α-hetero) is 1. The van der Waals surface area contributed by atoms with Crippen molar-refractivity contribution in [1.82, 2.24) is 0 Å². The summed E-state index contributed by atoms with van der Waals surface area (Å²) in [6.07, 6.45) is -5.56. The second-order valence-electron chi connectivity index (χ2n) is 7.00. The van der Waals surface area contributed by atoms with E-state index in [4.69, 9.17) is 33.7 Å². The van der Waals surface area contributed by atoms with Gasteiger partial charge < -0.3 is 28.4 Å². The Morgan fingerprint density at radius 1 is 0.912 bits per heavy atom. The zero-order chi connectivity index (χ0) is 25.8. The lowest BCUT2D eigenvalue weighted by Crippen LogP contribution is -2.62. The van der Waals surface area contributed by atoms with Gasteiger partial charge in [-0.3, -0.25) is 24.0 Å². The SMILES string of the molecule is CCC(=O)/C(=C/O[C@@H]1O[C@H](COC(C)=O)[C@@H](OC(C)=O)[C@H](OC(C)=O)[C@H]1OC(C)=O)CSC#N. The van der Waals surface area contributed by atoms with Crippen LogP contribution in [0.2, 0.25) is 0 Å². The van der Waals surface area contributed by atoms with Crippen molar-refractivity contribution >= 4 is 41.4 Å². The largest absolute Gasteiger partial charge is 0.468 e. The Hall–Kier alpha value is -3.11. The summed E-state index contributed by atoms with van der Waals surface area (Å²) in [6.45, 7) is 5.67. The van der Waals surface area contributed by atoms with Gasteiger partial charge in [-0.05, 0) is 11.8 Å². The van der Waals surface area contributed by atoms with Crippen LogP contribution in [0, 0.1) is 10.7 Å². The Morgan fingerprint density at radius 2 is 1.47 bits per heavy atom. The number of hydrogen-bond donors (Lipinski definition) is 0. The Morgan fingerprint density at radius 3 is 1.97 bits per heavy atom. The minimum atomic E-state index is -1.45. The Balaban J connectivity index is 3.42. The average Bonchev–Trinajstić information content (AvgIpc) is 2.74. The standard InChI is InChI=1S/C21H27NO11S/c1-6-16(27)15(9-34-10-22)7-29-21-20(32-14(5)26)19(31-13(4)25)18(30-12(3)24)17(33-21)8-28-11(2)23/h7,17-21H,6,8-9H2,1-5H3/b15-7+/t17-,18-,19+,20-,21-/m1/s1. The number of thioether (sulfide) groups is 1. The van der Waals surface area contributed by atoms with E-state index in [1.807, 2.05) is 5.40 Å². The molecule has 188 valence electrons. The minimum absolute atomic E-state index is 0.0223. The molecule has 34 heavy (non-hydrogen) atoms. The van der Waals surface area contributed by atoms with Crippen LogP contribution in [0.4, 0.5) is 0 Å². The number of ether oxygens (including phenoxy) is 6. The van der Waals surface area contributed by atoms with Crippen LogP contribution in [0.15, 0.2) is 11.8 Å². The Bertz CT molecular complexity index is 850. The molecule has 0 N–H and O–H groups in total. The lowest BCUT2D eigenvalue weighted by atomic mass is 9.98. The highest BCUT2D eigenvalue weighted by Gasteiger charge is 2.53. The maximum absolute atomic E-state index is 12.2. The molecule has 1 fully saturated rings. The van der Waals surface area contributed by atoms with Crippen molar-refractivity contribution in [1.29, 1.82) is 5.26 Å². The zero-order valence-electron chi connectivity index (χ0n) is 19.4. The third-order valence-corrected chi connectivity index (χ3v) is 4.85. The van der Waals surface area contributed by atoms with E-state index in [9.17, 15) is 24.0 Å². The second kappa shape index (κ2) is 14.2. The summed E-state index contributed by atoms with van der Waals surface area (Å²) in [4.78, 5) is 58.9. The van der Waals surface area contributed by atoms with Crippen molar-refractivity contribution in [3.8, 4) is 5.40 Å². The van der Waals surface area contributed by atoms with E-state index in [1.165, 1.54) is 0 Å². The number of hydrogen-bond acceptors (Lipinski definition) is 13. The number of carbonyl (C=O) groups is 5. The first kappa shape index (κ1) is 28.9. The van der Waals surface area contributed by atoms with E-state index in [0.29, 0.717) is 0 Å². The molecule has 0 spiro atoms. The number of rotatable bonds is 11. The van der Waals surface area contributed by atoms with Gasteiger partial charge in [-0.15, -0.1) is 0 Å². The molecular formula is C21H27NO11S. The van der Waals surface area contributed by atoms with Crippen LogP contribution < -0.4 is 0 Å². The molecule has 0 bridgehead atoms. The fraction of sp³-hybridized carbons (Fsp3) is 0.619. The highest BCUT2D eigenvalue weighted by atomic mass is 32.2. The quantitative estimate of drug-likeness (QED) is 0.130. The van der Waals surface area contributed by atoms with E-state index in [1.54, 1.807) is 6.92 Å². The summed E-state index contributed by atoms with van der Waals surface area (Å²) in [7, 11) is 0. The number of ketones is 1. The van der Waals surface area contributed by atoms with Gasteiger partial charge in [0.05, 0.1) is 6.26 Å². The number of esters is 4. The lowest BCUT2D eigenvalue weighted by molar-refractivity contribution is -0.297. The van der Waals surface area contributed by atoms with Gasteiger partial charge in [0.15, 0.2) is 18.0 Å². The van der Waals surface area contributed by atoms with Gasteiger partial charge in [0.1, 0.15) is 18.1 Å². The van der Waals surface area contributed by atoms with Gasteiger partial charge >= 0.3 is 23.9 Å². The topological polar surface area (TPSA) is 165 Å². The second-order valence-corrected chi connectivity index (χ2v) is 7.76. The summed E-state index contributed by atoms with van der Waals surface area (Å²) in [5.41, 5.74) is 0.155. The van der Waals surface area contributed by atoms with Crippen LogP contribution in [-0.2, 0) is 52.4 Å². The molecule has 1 saturated heterocycles. The average molecular weight is 502 g/mol. The van der Waals surface area contributed by atoms with Crippen molar-refractivity contribution in [2.75, 3.05) is 12.4 Å². The normalized spacial score (nSPS) is 24.2. The maximum Gasteiger partial charge on any atom is 0.303 e. The van der Waals surface area contributed by atoms with E-state index in [0.717, 1.165) is 45.7 Å². The van der Waals surface area contributed by atoms with Crippen LogP contribution in [0.3, 0.4) is 0 Å². The smallest absolute Gasteiger partial charge is 0.303 e. The van der Waals surface area contributed by atoms with Crippen LogP contribution in [0.25, 0.3) is 0 Å². The summed E-state index contributed by atoms with van der Waals surface area (Å²) in [5, 5.41) is 10.7. The van der Waals surface area contributed by atoms with Gasteiger partial charge in [0, 0.05) is 45.4 Å². The summed E-state index contributed by atoms with van der Waals surface area (Å²) >= 11 is 0.812. The molecule has 1 aliphatic heterocycles. The number of carbonyl (C=O) groups excluding carboxylic acids is 5. The van der Waals surface area contributed by atoms with Crippen molar-refractivity contribution in [3.63, 3.8) is 0 Å². The van der Waals surface area contributed by atoms with Crippen molar-refractivity contribution < 1.29 is 52.4 Å². The molecule has 5 atom stereocenters. The molecule has 0 amide bonds.